The van der Waals surface area contributed by atoms with Gasteiger partial charge in [-0.25, -0.2) is 0 Å². The van der Waals surface area contributed by atoms with Crippen molar-refractivity contribution < 1.29 is 14.7 Å². The van der Waals surface area contributed by atoms with Gasteiger partial charge in [-0.2, -0.15) is 0 Å². The Balaban J connectivity index is 2.51. The molecule has 1 aromatic carbocycles. The van der Waals surface area contributed by atoms with Crippen LogP contribution >= 0.6 is 0 Å². The molecule has 0 fully saturated rings. The van der Waals surface area contributed by atoms with Gasteiger partial charge < -0.3 is 21.5 Å². The number of anilines is 1. The van der Waals surface area contributed by atoms with Crippen LogP contribution in [0.2, 0.25) is 0 Å². The molecule has 0 aliphatic carbocycles. The van der Waals surface area contributed by atoms with E-state index >= 15 is 0 Å². The molecule has 2 amide bonds. The van der Waals surface area contributed by atoms with Gasteiger partial charge in [0.15, 0.2) is 0 Å². The first-order valence-electron chi connectivity index (χ1n) is 6.90. The lowest BCUT2D eigenvalue weighted by atomic mass is 10.00. The van der Waals surface area contributed by atoms with Gasteiger partial charge in [-0.15, -0.1) is 0 Å². The number of carbonyl (C=O) groups excluding carboxylic acids is 2. The van der Waals surface area contributed by atoms with Crippen LogP contribution in [0, 0.1) is 0 Å². The number of hydrogen-bond donors (Lipinski definition) is 4. The van der Waals surface area contributed by atoms with E-state index in [1.165, 1.54) is 0 Å². The summed E-state index contributed by atoms with van der Waals surface area (Å²) in [6.45, 7) is 3.86. The number of nitrogens with two attached hydrogens (primary N) is 1. The maximum absolute atomic E-state index is 11.7. The highest BCUT2D eigenvalue weighted by molar-refractivity contribution is 5.95. The number of aliphatic hydroxyl groups is 1. The quantitative estimate of drug-likeness (QED) is 0.598. The van der Waals surface area contributed by atoms with E-state index < -0.39 is 0 Å². The van der Waals surface area contributed by atoms with E-state index in [1.54, 1.807) is 24.3 Å². The van der Waals surface area contributed by atoms with E-state index in [9.17, 15) is 9.59 Å². The van der Waals surface area contributed by atoms with Crippen molar-refractivity contribution in [1.29, 1.82) is 0 Å². The lowest BCUT2D eigenvalue weighted by Gasteiger charge is -2.17. The largest absolute Gasteiger partial charge is 0.395 e. The smallest absolute Gasteiger partial charge is 0.251 e. The summed E-state index contributed by atoms with van der Waals surface area (Å²) in [5.74, 6) is -0.363. The molecular formula is C15H23N3O3. The number of amides is 2. The van der Waals surface area contributed by atoms with E-state index in [2.05, 4.69) is 10.6 Å². The molecule has 0 atom stereocenters. The molecule has 5 N–H and O–H groups in total. The topological polar surface area (TPSA) is 104 Å². The van der Waals surface area contributed by atoms with E-state index in [0.29, 0.717) is 24.1 Å². The van der Waals surface area contributed by atoms with Crippen molar-refractivity contribution in [2.45, 2.75) is 32.2 Å². The highest BCUT2D eigenvalue weighted by Crippen LogP contribution is 2.12. The van der Waals surface area contributed by atoms with E-state index in [0.717, 1.165) is 0 Å². The highest BCUT2D eigenvalue weighted by Gasteiger charge is 2.13. The van der Waals surface area contributed by atoms with Crippen molar-refractivity contribution in [2.75, 3.05) is 18.5 Å². The Morgan fingerprint density at radius 1 is 1.24 bits per heavy atom. The Morgan fingerprint density at radius 3 is 2.38 bits per heavy atom. The third kappa shape index (κ3) is 6.87. The molecule has 0 unspecified atom stereocenters. The van der Waals surface area contributed by atoms with Crippen molar-refractivity contribution in [3.63, 3.8) is 0 Å². The first-order valence-corrected chi connectivity index (χ1v) is 6.90. The van der Waals surface area contributed by atoms with Crippen LogP contribution in [0.3, 0.4) is 0 Å². The van der Waals surface area contributed by atoms with Gasteiger partial charge in [0.1, 0.15) is 0 Å². The maximum atomic E-state index is 11.7. The summed E-state index contributed by atoms with van der Waals surface area (Å²) >= 11 is 0. The number of nitrogens with one attached hydrogen (secondary N) is 2. The second kappa shape index (κ2) is 7.75. The van der Waals surface area contributed by atoms with Gasteiger partial charge in [0.05, 0.1) is 6.61 Å². The zero-order chi connectivity index (χ0) is 15.9. The average Bonchev–Trinajstić information content (AvgIpc) is 2.42. The van der Waals surface area contributed by atoms with Crippen LogP contribution < -0.4 is 16.4 Å². The number of hydrogen-bond acceptors (Lipinski definition) is 4. The molecule has 0 saturated heterocycles. The molecular weight excluding hydrogens is 270 g/mol. The predicted molar refractivity (Wildman–Crippen MR) is 82.0 cm³/mol. The Bertz CT molecular complexity index is 478. The lowest BCUT2D eigenvalue weighted by molar-refractivity contribution is -0.116. The summed E-state index contributed by atoms with van der Waals surface area (Å²) in [7, 11) is 0. The summed E-state index contributed by atoms with van der Waals surface area (Å²) in [5.41, 5.74) is 6.57. The summed E-state index contributed by atoms with van der Waals surface area (Å²) in [5, 5.41) is 14.0. The molecule has 0 aliphatic rings. The SMILES string of the molecule is CC(C)(N)CCC(=O)Nc1ccc(C(=O)NCCO)cc1. The van der Waals surface area contributed by atoms with Crippen molar-refractivity contribution >= 4 is 17.5 Å². The van der Waals surface area contributed by atoms with Crippen LogP contribution in [0.4, 0.5) is 5.69 Å². The number of benzene rings is 1. The van der Waals surface area contributed by atoms with Crippen LogP contribution in [0.15, 0.2) is 24.3 Å². The van der Waals surface area contributed by atoms with E-state index in [4.69, 9.17) is 10.8 Å². The Labute approximate surface area is 124 Å². The van der Waals surface area contributed by atoms with E-state index in [1.807, 2.05) is 13.8 Å². The van der Waals surface area contributed by atoms with Gasteiger partial charge in [0, 0.05) is 29.8 Å². The molecule has 1 aromatic rings. The second-order valence-corrected chi connectivity index (χ2v) is 5.59. The first-order chi connectivity index (χ1) is 9.81. The van der Waals surface area contributed by atoms with Gasteiger partial charge in [-0.3, -0.25) is 9.59 Å². The Kier molecular flexibility index (Phi) is 6.33. The highest BCUT2D eigenvalue weighted by atomic mass is 16.3. The minimum Gasteiger partial charge on any atom is -0.395 e. The van der Waals surface area contributed by atoms with Gasteiger partial charge in [0.2, 0.25) is 5.91 Å². The molecule has 116 valence electrons. The number of carbonyl (C=O) groups is 2. The van der Waals surface area contributed by atoms with Gasteiger partial charge in [0.25, 0.3) is 5.91 Å². The average molecular weight is 293 g/mol. The van der Waals surface area contributed by atoms with Crippen LogP contribution in [0.25, 0.3) is 0 Å². The van der Waals surface area contributed by atoms with Crippen molar-refractivity contribution in [2.24, 2.45) is 5.73 Å². The van der Waals surface area contributed by atoms with Gasteiger partial charge in [-0.05, 0) is 44.5 Å². The zero-order valence-electron chi connectivity index (χ0n) is 12.5. The zero-order valence-corrected chi connectivity index (χ0v) is 12.5. The fourth-order valence-corrected chi connectivity index (χ4v) is 1.64. The molecule has 0 saturated carbocycles. The van der Waals surface area contributed by atoms with Crippen LogP contribution in [0.5, 0.6) is 0 Å². The molecule has 0 bridgehead atoms. The van der Waals surface area contributed by atoms with E-state index in [-0.39, 0.29) is 30.5 Å². The molecule has 0 spiro atoms. The third-order valence-electron chi connectivity index (χ3n) is 2.82. The van der Waals surface area contributed by atoms with Crippen LogP contribution in [-0.4, -0.2) is 35.6 Å². The van der Waals surface area contributed by atoms with Crippen LogP contribution in [-0.2, 0) is 4.79 Å². The molecule has 6 heteroatoms. The van der Waals surface area contributed by atoms with Crippen molar-refractivity contribution in [3.8, 4) is 0 Å². The predicted octanol–water partition coefficient (Wildman–Crippen LogP) is 0.865. The number of rotatable bonds is 7. The molecule has 21 heavy (non-hydrogen) atoms. The number of aliphatic hydroxyl groups excluding tert-OH is 1. The third-order valence-corrected chi connectivity index (χ3v) is 2.82. The molecule has 0 aromatic heterocycles. The summed E-state index contributed by atoms with van der Waals surface area (Å²) in [4.78, 5) is 23.4. The normalized spacial score (nSPS) is 11.0. The summed E-state index contributed by atoms with van der Waals surface area (Å²) in [6.07, 6.45) is 0.947. The first kappa shape index (κ1) is 17.1. The maximum Gasteiger partial charge on any atom is 0.251 e. The standard InChI is InChI=1S/C15H23N3O3/c1-15(2,16)8-7-13(20)18-12-5-3-11(4-6-12)14(21)17-9-10-19/h3-6,19H,7-10,16H2,1-2H3,(H,17,21)(H,18,20). The van der Waals surface area contributed by atoms with Crippen LogP contribution in [0.1, 0.15) is 37.0 Å². The van der Waals surface area contributed by atoms with Gasteiger partial charge in [-0.1, -0.05) is 0 Å². The van der Waals surface area contributed by atoms with Gasteiger partial charge >= 0.3 is 0 Å². The fraction of sp³-hybridized carbons (Fsp3) is 0.467. The monoisotopic (exact) mass is 293 g/mol. The van der Waals surface area contributed by atoms with Crippen molar-refractivity contribution in [1.82, 2.24) is 5.32 Å². The molecule has 6 nitrogen and oxygen atoms in total. The summed E-state index contributed by atoms with van der Waals surface area (Å²) in [6, 6.07) is 6.57. The molecule has 0 aliphatic heterocycles. The fourth-order valence-electron chi connectivity index (χ4n) is 1.64. The molecule has 1 rings (SSSR count). The second-order valence-electron chi connectivity index (χ2n) is 5.59. The Morgan fingerprint density at radius 2 is 1.86 bits per heavy atom. The Hall–Kier alpha value is -1.92. The lowest BCUT2D eigenvalue weighted by Crippen LogP contribution is -2.33. The van der Waals surface area contributed by atoms with Crippen molar-refractivity contribution in [3.05, 3.63) is 29.8 Å². The molecule has 0 radical (unpaired) electrons. The minimum atomic E-state index is -0.369. The summed E-state index contributed by atoms with van der Waals surface area (Å²) < 4.78 is 0. The minimum absolute atomic E-state index is 0.0998. The molecule has 0 heterocycles.